The smallest absolute Gasteiger partial charge is 0.303 e. The molecule has 0 radical (unpaired) electrons. The van der Waals surface area contributed by atoms with Gasteiger partial charge in [0.25, 0.3) is 10.2 Å². The van der Waals surface area contributed by atoms with Crippen molar-refractivity contribution < 1.29 is 18.3 Å². The molecule has 7 heteroatoms. The molecule has 0 aromatic rings. The van der Waals surface area contributed by atoms with Gasteiger partial charge in [0, 0.05) is 32.6 Å². The van der Waals surface area contributed by atoms with Crippen molar-refractivity contribution in [3.63, 3.8) is 0 Å². The third-order valence-electron chi connectivity index (χ3n) is 4.25. The van der Waals surface area contributed by atoms with Crippen LogP contribution in [-0.4, -0.2) is 54.3 Å². The van der Waals surface area contributed by atoms with E-state index in [1.54, 1.807) is 4.31 Å². The van der Waals surface area contributed by atoms with Crippen LogP contribution in [0.15, 0.2) is 0 Å². The van der Waals surface area contributed by atoms with E-state index in [-0.39, 0.29) is 12.3 Å². The topological polar surface area (TPSA) is 77.9 Å². The van der Waals surface area contributed by atoms with Crippen LogP contribution in [0.4, 0.5) is 0 Å². The standard InChI is InChI=1S/C13H24N2O4S/c16-13(17)11-12-5-9-15(10-6-12)20(18,19)14-7-3-1-2-4-8-14/h12H,1-11H2,(H,16,17). The zero-order valence-corrected chi connectivity index (χ0v) is 12.6. The van der Waals surface area contributed by atoms with Crippen molar-refractivity contribution in [2.24, 2.45) is 5.92 Å². The van der Waals surface area contributed by atoms with E-state index in [2.05, 4.69) is 0 Å². The number of hydrogen-bond acceptors (Lipinski definition) is 3. The molecule has 2 aliphatic rings. The number of rotatable bonds is 4. The van der Waals surface area contributed by atoms with E-state index in [0.717, 1.165) is 25.7 Å². The van der Waals surface area contributed by atoms with Gasteiger partial charge in [0.2, 0.25) is 0 Å². The molecular formula is C13H24N2O4S. The van der Waals surface area contributed by atoms with E-state index in [4.69, 9.17) is 5.11 Å². The molecule has 2 fully saturated rings. The lowest BCUT2D eigenvalue weighted by atomic mass is 9.95. The van der Waals surface area contributed by atoms with Crippen LogP contribution < -0.4 is 0 Å². The highest BCUT2D eigenvalue weighted by Crippen LogP contribution is 2.25. The van der Waals surface area contributed by atoms with Crippen molar-refractivity contribution in [2.75, 3.05) is 26.2 Å². The highest BCUT2D eigenvalue weighted by Gasteiger charge is 2.33. The molecule has 116 valence electrons. The average Bonchev–Trinajstić information content (AvgIpc) is 2.68. The molecule has 2 aliphatic heterocycles. The summed E-state index contributed by atoms with van der Waals surface area (Å²) in [7, 11) is -3.34. The Labute approximate surface area is 120 Å². The molecule has 2 heterocycles. The van der Waals surface area contributed by atoms with E-state index in [9.17, 15) is 13.2 Å². The van der Waals surface area contributed by atoms with Crippen molar-refractivity contribution >= 4 is 16.2 Å². The summed E-state index contributed by atoms with van der Waals surface area (Å²) in [5, 5.41) is 8.79. The van der Waals surface area contributed by atoms with Crippen LogP contribution in [0.3, 0.4) is 0 Å². The van der Waals surface area contributed by atoms with Gasteiger partial charge in [-0.15, -0.1) is 0 Å². The summed E-state index contributed by atoms with van der Waals surface area (Å²) in [4.78, 5) is 10.7. The largest absolute Gasteiger partial charge is 0.481 e. The van der Waals surface area contributed by atoms with Gasteiger partial charge in [-0.2, -0.15) is 17.0 Å². The predicted octanol–water partition coefficient (Wildman–Crippen LogP) is 1.29. The minimum Gasteiger partial charge on any atom is -0.481 e. The molecule has 0 saturated carbocycles. The summed E-state index contributed by atoms with van der Waals surface area (Å²) in [5.74, 6) is -0.679. The summed E-state index contributed by atoms with van der Waals surface area (Å²) >= 11 is 0. The van der Waals surface area contributed by atoms with Crippen molar-refractivity contribution in [3.8, 4) is 0 Å². The Morgan fingerprint density at radius 3 is 1.95 bits per heavy atom. The second kappa shape index (κ2) is 6.87. The summed E-state index contributed by atoms with van der Waals surface area (Å²) < 4.78 is 28.3. The Balaban J connectivity index is 1.92. The Morgan fingerprint density at radius 2 is 1.45 bits per heavy atom. The number of carbonyl (C=O) groups is 1. The van der Waals surface area contributed by atoms with Gasteiger partial charge >= 0.3 is 5.97 Å². The third kappa shape index (κ3) is 3.93. The monoisotopic (exact) mass is 304 g/mol. The highest BCUT2D eigenvalue weighted by atomic mass is 32.2. The molecule has 0 aromatic heterocycles. The Hall–Kier alpha value is -0.660. The number of nitrogens with zero attached hydrogens (tertiary/aromatic N) is 2. The summed E-state index contributed by atoms with van der Waals surface area (Å²) in [6, 6.07) is 0. The number of carboxylic acid groups (broad SMARTS) is 1. The van der Waals surface area contributed by atoms with Gasteiger partial charge < -0.3 is 5.11 Å². The lowest BCUT2D eigenvalue weighted by Crippen LogP contribution is -2.47. The maximum absolute atomic E-state index is 12.6. The summed E-state index contributed by atoms with van der Waals surface area (Å²) in [6.45, 7) is 2.16. The zero-order chi connectivity index (χ0) is 14.6. The number of carboxylic acids is 1. The van der Waals surface area contributed by atoms with E-state index >= 15 is 0 Å². The minimum absolute atomic E-state index is 0.114. The molecule has 0 aromatic carbocycles. The van der Waals surface area contributed by atoms with Gasteiger partial charge in [0.15, 0.2) is 0 Å². The molecule has 0 atom stereocenters. The maximum Gasteiger partial charge on any atom is 0.303 e. The predicted molar refractivity (Wildman–Crippen MR) is 75.5 cm³/mol. The van der Waals surface area contributed by atoms with Gasteiger partial charge in [0.1, 0.15) is 0 Å². The molecular weight excluding hydrogens is 280 g/mol. The highest BCUT2D eigenvalue weighted by molar-refractivity contribution is 7.86. The van der Waals surface area contributed by atoms with E-state index < -0.39 is 16.2 Å². The first kappa shape index (κ1) is 15.7. The quantitative estimate of drug-likeness (QED) is 0.849. The molecule has 0 spiro atoms. The van der Waals surface area contributed by atoms with Crippen LogP contribution in [0, 0.1) is 5.92 Å². The first-order valence-electron chi connectivity index (χ1n) is 7.47. The van der Waals surface area contributed by atoms with Gasteiger partial charge in [0.05, 0.1) is 0 Å². The van der Waals surface area contributed by atoms with E-state index in [1.807, 2.05) is 0 Å². The van der Waals surface area contributed by atoms with Crippen molar-refractivity contribution in [1.82, 2.24) is 8.61 Å². The molecule has 0 aliphatic carbocycles. The van der Waals surface area contributed by atoms with Crippen molar-refractivity contribution in [1.29, 1.82) is 0 Å². The lowest BCUT2D eigenvalue weighted by Gasteiger charge is -2.34. The molecule has 0 bridgehead atoms. The molecule has 2 saturated heterocycles. The van der Waals surface area contributed by atoms with E-state index in [0.29, 0.717) is 39.0 Å². The molecule has 0 amide bonds. The van der Waals surface area contributed by atoms with Crippen LogP contribution in [-0.2, 0) is 15.0 Å². The molecule has 0 unspecified atom stereocenters. The van der Waals surface area contributed by atoms with Crippen LogP contribution in [0.25, 0.3) is 0 Å². The first-order chi connectivity index (χ1) is 9.50. The summed E-state index contributed by atoms with van der Waals surface area (Å²) in [6.07, 6.45) is 5.54. The van der Waals surface area contributed by atoms with Gasteiger partial charge in [-0.25, -0.2) is 0 Å². The number of aliphatic carboxylic acids is 1. The fourth-order valence-corrected chi connectivity index (χ4v) is 4.75. The molecule has 2 rings (SSSR count). The second-order valence-electron chi connectivity index (χ2n) is 5.76. The van der Waals surface area contributed by atoms with Crippen LogP contribution in [0.5, 0.6) is 0 Å². The fraction of sp³-hybridized carbons (Fsp3) is 0.923. The second-order valence-corrected chi connectivity index (χ2v) is 7.69. The number of hydrogen-bond donors (Lipinski definition) is 1. The van der Waals surface area contributed by atoms with Gasteiger partial charge in [-0.1, -0.05) is 12.8 Å². The molecule has 6 nitrogen and oxygen atoms in total. The van der Waals surface area contributed by atoms with Crippen molar-refractivity contribution in [2.45, 2.75) is 44.9 Å². The SMILES string of the molecule is O=C(O)CC1CCN(S(=O)(=O)N2CCCCCC2)CC1. The molecule has 1 N–H and O–H groups in total. The third-order valence-corrected chi connectivity index (χ3v) is 6.29. The molecule has 20 heavy (non-hydrogen) atoms. The van der Waals surface area contributed by atoms with Crippen molar-refractivity contribution in [3.05, 3.63) is 0 Å². The van der Waals surface area contributed by atoms with Gasteiger partial charge in [-0.3, -0.25) is 4.79 Å². The Morgan fingerprint density at radius 1 is 0.950 bits per heavy atom. The Bertz CT molecular complexity index is 422. The lowest BCUT2D eigenvalue weighted by molar-refractivity contribution is -0.138. The normalized spacial score (nSPS) is 24.4. The van der Waals surface area contributed by atoms with Gasteiger partial charge in [-0.05, 0) is 31.6 Å². The Kier molecular flexibility index (Phi) is 5.40. The zero-order valence-electron chi connectivity index (χ0n) is 11.8. The maximum atomic E-state index is 12.6. The van der Waals surface area contributed by atoms with Crippen LogP contribution >= 0.6 is 0 Å². The van der Waals surface area contributed by atoms with Crippen LogP contribution in [0.1, 0.15) is 44.9 Å². The minimum atomic E-state index is -3.34. The average molecular weight is 304 g/mol. The summed E-state index contributed by atoms with van der Waals surface area (Å²) in [5.41, 5.74) is 0. The van der Waals surface area contributed by atoms with Crippen LogP contribution in [0.2, 0.25) is 0 Å². The number of piperidine rings is 1. The first-order valence-corrected chi connectivity index (χ1v) is 8.87. The fourth-order valence-electron chi connectivity index (χ4n) is 3.03. The van der Waals surface area contributed by atoms with E-state index in [1.165, 1.54) is 4.31 Å².